The average molecular weight is 254 g/mol. The van der Waals surface area contributed by atoms with E-state index in [1.807, 2.05) is 24.5 Å². The van der Waals surface area contributed by atoms with Crippen molar-refractivity contribution in [2.45, 2.75) is 12.5 Å². The highest BCUT2D eigenvalue weighted by molar-refractivity contribution is 7.17. The Hall–Kier alpha value is -1.71. The van der Waals surface area contributed by atoms with Gasteiger partial charge in [0.25, 0.3) is 0 Å². The third-order valence-electron chi connectivity index (χ3n) is 3.12. The third-order valence-corrected chi connectivity index (χ3v) is 4.10. The van der Waals surface area contributed by atoms with Crippen LogP contribution in [0.25, 0.3) is 10.1 Å². The minimum Gasteiger partial charge on any atom is -0.324 e. The monoisotopic (exact) mass is 254 g/mol. The molecule has 0 aliphatic rings. The van der Waals surface area contributed by atoms with Crippen LogP contribution in [0.3, 0.4) is 0 Å². The number of hydrogen-bond donors (Lipinski definition) is 1. The first-order valence-electron chi connectivity index (χ1n) is 5.95. The summed E-state index contributed by atoms with van der Waals surface area (Å²) < 4.78 is 1.30. The van der Waals surface area contributed by atoms with Crippen LogP contribution in [0.15, 0.2) is 54.2 Å². The molecule has 90 valence electrons. The third kappa shape index (κ3) is 2.15. The van der Waals surface area contributed by atoms with Crippen LogP contribution in [-0.4, -0.2) is 4.98 Å². The Morgan fingerprint density at radius 1 is 1.11 bits per heavy atom. The van der Waals surface area contributed by atoms with Gasteiger partial charge in [-0.05, 0) is 46.5 Å². The van der Waals surface area contributed by atoms with Crippen LogP contribution in [0, 0.1) is 0 Å². The lowest BCUT2D eigenvalue weighted by Crippen LogP contribution is -2.12. The van der Waals surface area contributed by atoms with E-state index < -0.39 is 0 Å². The van der Waals surface area contributed by atoms with Crippen molar-refractivity contribution in [3.8, 4) is 0 Å². The molecule has 1 unspecified atom stereocenters. The Morgan fingerprint density at radius 2 is 1.89 bits per heavy atom. The second-order valence-corrected chi connectivity index (χ2v) is 5.26. The average Bonchev–Trinajstić information content (AvgIpc) is 2.84. The van der Waals surface area contributed by atoms with Gasteiger partial charge in [0.2, 0.25) is 0 Å². The molecule has 0 fully saturated rings. The zero-order valence-electron chi connectivity index (χ0n) is 9.91. The van der Waals surface area contributed by atoms with Crippen LogP contribution in [0.1, 0.15) is 17.2 Å². The molecule has 0 amide bonds. The number of rotatable bonds is 3. The molecule has 0 radical (unpaired) electrons. The van der Waals surface area contributed by atoms with Crippen molar-refractivity contribution in [1.82, 2.24) is 4.98 Å². The van der Waals surface area contributed by atoms with Crippen LogP contribution in [0.5, 0.6) is 0 Å². The van der Waals surface area contributed by atoms with Gasteiger partial charge in [0.05, 0.1) is 0 Å². The molecule has 2 N–H and O–H groups in total. The summed E-state index contributed by atoms with van der Waals surface area (Å²) in [6, 6.07) is 12.5. The molecule has 3 heteroatoms. The normalized spacial score (nSPS) is 12.7. The Bertz CT molecular complexity index is 646. The standard InChI is InChI=1S/C15H14N2S/c16-14(9-11-5-7-17-8-6-11)13-10-18-15-4-2-1-3-12(13)15/h1-8,10,14H,9,16H2. The second kappa shape index (κ2) is 4.88. The van der Waals surface area contributed by atoms with Gasteiger partial charge in [-0.3, -0.25) is 4.98 Å². The summed E-state index contributed by atoms with van der Waals surface area (Å²) in [5.74, 6) is 0. The largest absolute Gasteiger partial charge is 0.324 e. The number of nitrogens with zero attached hydrogens (tertiary/aromatic N) is 1. The molecule has 3 rings (SSSR count). The summed E-state index contributed by atoms with van der Waals surface area (Å²) in [4.78, 5) is 4.03. The molecule has 0 bridgehead atoms. The van der Waals surface area contributed by atoms with Gasteiger partial charge in [-0.2, -0.15) is 0 Å². The fourth-order valence-corrected chi connectivity index (χ4v) is 3.19. The zero-order chi connectivity index (χ0) is 12.4. The van der Waals surface area contributed by atoms with Crippen molar-refractivity contribution in [3.63, 3.8) is 0 Å². The molecule has 2 nitrogen and oxygen atoms in total. The fourth-order valence-electron chi connectivity index (χ4n) is 2.17. The quantitative estimate of drug-likeness (QED) is 0.776. The van der Waals surface area contributed by atoms with Crippen LogP contribution >= 0.6 is 11.3 Å². The minimum absolute atomic E-state index is 0.0450. The molecule has 0 saturated heterocycles. The molecule has 0 spiro atoms. The molecular weight excluding hydrogens is 240 g/mol. The highest BCUT2D eigenvalue weighted by Gasteiger charge is 2.12. The summed E-state index contributed by atoms with van der Waals surface area (Å²) in [6.07, 6.45) is 4.48. The molecule has 1 aromatic carbocycles. The molecule has 0 aliphatic heterocycles. The maximum Gasteiger partial charge on any atom is 0.0350 e. The number of aromatic nitrogens is 1. The molecule has 3 aromatic rings. The lowest BCUT2D eigenvalue weighted by Gasteiger charge is -2.10. The zero-order valence-corrected chi connectivity index (χ0v) is 10.7. The Labute approximate surface area is 110 Å². The summed E-state index contributed by atoms with van der Waals surface area (Å²) in [5.41, 5.74) is 8.80. The molecule has 1 atom stereocenters. The van der Waals surface area contributed by atoms with Crippen molar-refractivity contribution in [3.05, 3.63) is 65.3 Å². The van der Waals surface area contributed by atoms with Gasteiger partial charge in [-0.1, -0.05) is 18.2 Å². The number of hydrogen-bond acceptors (Lipinski definition) is 3. The highest BCUT2D eigenvalue weighted by Crippen LogP contribution is 2.30. The smallest absolute Gasteiger partial charge is 0.0350 e. The van der Waals surface area contributed by atoms with E-state index in [9.17, 15) is 0 Å². The second-order valence-electron chi connectivity index (χ2n) is 4.35. The molecule has 0 saturated carbocycles. The number of benzene rings is 1. The van der Waals surface area contributed by atoms with E-state index in [0.717, 1.165) is 6.42 Å². The van der Waals surface area contributed by atoms with Gasteiger partial charge in [0.15, 0.2) is 0 Å². The molecule has 0 aliphatic carbocycles. The van der Waals surface area contributed by atoms with Gasteiger partial charge in [0.1, 0.15) is 0 Å². The Morgan fingerprint density at radius 3 is 2.72 bits per heavy atom. The molecular formula is C15H14N2S. The van der Waals surface area contributed by atoms with E-state index in [0.29, 0.717) is 0 Å². The van der Waals surface area contributed by atoms with Crippen molar-refractivity contribution in [2.24, 2.45) is 5.73 Å². The lowest BCUT2D eigenvalue weighted by molar-refractivity contribution is 0.729. The van der Waals surface area contributed by atoms with Gasteiger partial charge >= 0.3 is 0 Å². The van der Waals surface area contributed by atoms with Crippen molar-refractivity contribution in [1.29, 1.82) is 0 Å². The maximum absolute atomic E-state index is 6.32. The Kier molecular flexibility index (Phi) is 3.09. The van der Waals surface area contributed by atoms with Crippen LogP contribution in [-0.2, 0) is 6.42 Å². The number of pyridine rings is 1. The lowest BCUT2D eigenvalue weighted by atomic mass is 10.00. The predicted molar refractivity (Wildman–Crippen MR) is 76.7 cm³/mol. The van der Waals surface area contributed by atoms with Crippen molar-refractivity contribution in [2.75, 3.05) is 0 Å². The molecule has 2 aromatic heterocycles. The maximum atomic E-state index is 6.32. The first kappa shape index (κ1) is 11.4. The van der Waals surface area contributed by atoms with Gasteiger partial charge < -0.3 is 5.73 Å². The van der Waals surface area contributed by atoms with Crippen molar-refractivity contribution >= 4 is 21.4 Å². The van der Waals surface area contributed by atoms with Gasteiger partial charge in [-0.25, -0.2) is 0 Å². The van der Waals surface area contributed by atoms with Crippen LogP contribution in [0.4, 0.5) is 0 Å². The summed E-state index contributed by atoms with van der Waals surface area (Å²) in [5, 5.41) is 3.46. The van der Waals surface area contributed by atoms with Gasteiger partial charge in [0, 0.05) is 23.1 Å². The van der Waals surface area contributed by atoms with E-state index in [2.05, 4.69) is 34.6 Å². The van der Waals surface area contributed by atoms with Crippen LogP contribution in [0.2, 0.25) is 0 Å². The topological polar surface area (TPSA) is 38.9 Å². The number of fused-ring (bicyclic) bond motifs is 1. The van der Waals surface area contributed by atoms with Crippen molar-refractivity contribution < 1.29 is 0 Å². The van der Waals surface area contributed by atoms with E-state index >= 15 is 0 Å². The molecule has 18 heavy (non-hydrogen) atoms. The Balaban J connectivity index is 1.90. The van der Waals surface area contributed by atoms with Gasteiger partial charge in [-0.15, -0.1) is 11.3 Å². The van der Waals surface area contributed by atoms with E-state index in [1.165, 1.54) is 21.2 Å². The van der Waals surface area contributed by atoms with E-state index in [-0.39, 0.29) is 6.04 Å². The van der Waals surface area contributed by atoms with E-state index in [1.54, 1.807) is 11.3 Å². The summed E-state index contributed by atoms with van der Waals surface area (Å²) >= 11 is 1.76. The number of nitrogens with two attached hydrogens (primary N) is 1. The fraction of sp³-hybridized carbons (Fsp3) is 0.133. The SMILES string of the molecule is NC(Cc1ccncc1)c1csc2ccccc12. The van der Waals surface area contributed by atoms with Crippen LogP contribution < -0.4 is 5.73 Å². The number of thiophene rings is 1. The predicted octanol–water partition coefficient (Wildman–Crippen LogP) is 3.54. The molecule has 2 heterocycles. The summed E-state index contributed by atoms with van der Waals surface area (Å²) in [6.45, 7) is 0. The van der Waals surface area contributed by atoms with E-state index in [4.69, 9.17) is 5.73 Å². The first-order chi connectivity index (χ1) is 8.84. The highest BCUT2D eigenvalue weighted by atomic mass is 32.1. The summed E-state index contributed by atoms with van der Waals surface area (Å²) in [7, 11) is 0. The minimum atomic E-state index is 0.0450. The first-order valence-corrected chi connectivity index (χ1v) is 6.83.